The molecule has 1 aliphatic rings. The van der Waals surface area contributed by atoms with Gasteiger partial charge in [0.05, 0.1) is 18.8 Å². The Labute approximate surface area is 163 Å². The van der Waals surface area contributed by atoms with Gasteiger partial charge in [-0.1, -0.05) is 15.9 Å². The number of nitrogens with one attached hydrogen (secondary N) is 1. The second-order valence-corrected chi connectivity index (χ2v) is 7.80. The number of hydrogen-bond acceptors (Lipinski definition) is 3. The summed E-state index contributed by atoms with van der Waals surface area (Å²) in [5, 5.41) is 3.14. The van der Waals surface area contributed by atoms with Gasteiger partial charge in [0.2, 0.25) is 0 Å². The summed E-state index contributed by atoms with van der Waals surface area (Å²) < 4.78 is 8.54. The highest BCUT2D eigenvalue weighted by Crippen LogP contribution is 2.22. The van der Waals surface area contributed by atoms with Crippen LogP contribution in [0.2, 0.25) is 0 Å². The van der Waals surface area contributed by atoms with Gasteiger partial charge in [0.15, 0.2) is 0 Å². The Bertz CT molecular complexity index is 764. The van der Waals surface area contributed by atoms with E-state index in [1.54, 1.807) is 0 Å². The van der Waals surface area contributed by atoms with Gasteiger partial charge in [0.1, 0.15) is 0 Å². The Morgan fingerprint density at radius 1 is 1.23 bits per heavy atom. The Balaban J connectivity index is 1.71. The molecular formula is C20H26BrN3O2. The molecule has 140 valence electrons. The van der Waals surface area contributed by atoms with Gasteiger partial charge in [0, 0.05) is 47.2 Å². The van der Waals surface area contributed by atoms with Crippen LogP contribution < -0.4 is 5.32 Å². The van der Waals surface area contributed by atoms with Crippen LogP contribution in [0, 0.1) is 13.8 Å². The van der Waals surface area contributed by atoms with Crippen molar-refractivity contribution < 1.29 is 9.53 Å². The van der Waals surface area contributed by atoms with Crippen LogP contribution in [-0.2, 0) is 4.74 Å². The number of rotatable bonds is 5. The highest BCUT2D eigenvalue weighted by molar-refractivity contribution is 9.10. The minimum Gasteiger partial charge on any atom is -0.379 e. The molecule has 0 aliphatic carbocycles. The van der Waals surface area contributed by atoms with Crippen LogP contribution >= 0.6 is 15.9 Å². The van der Waals surface area contributed by atoms with Gasteiger partial charge in [0.25, 0.3) is 5.91 Å². The molecular weight excluding hydrogens is 394 g/mol. The topological polar surface area (TPSA) is 46.5 Å². The number of benzene rings is 1. The number of amides is 1. The fraction of sp³-hybridized carbons (Fsp3) is 0.450. The van der Waals surface area contributed by atoms with Crippen LogP contribution in [0.1, 0.15) is 28.7 Å². The van der Waals surface area contributed by atoms with Crippen molar-refractivity contribution in [3.63, 3.8) is 0 Å². The molecule has 1 atom stereocenters. The summed E-state index contributed by atoms with van der Waals surface area (Å²) in [7, 11) is 0. The number of ether oxygens (including phenoxy) is 1. The van der Waals surface area contributed by atoms with E-state index in [0.29, 0.717) is 0 Å². The van der Waals surface area contributed by atoms with Crippen LogP contribution in [0.3, 0.4) is 0 Å². The van der Waals surface area contributed by atoms with Gasteiger partial charge >= 0.3 is 0 Å². The molecule has 1 aromatic heterocycles. The SMILES string of the molecule is Cc1cc(C(=O)NC(C)CN2CCOCC2)c(C)n1-c1ccc(Br)cc1. The third-order valence-corrected chi connectivity index (χ3v) is 5.30. The molecule has 0 spiro atoms. The van der Waals surface area contributed by atoms with Crippen LogP contribution in [0.25, 0.3) is 5.69 Å². The fourth-order valence-electron chi connectivity index (χ4n) is 3.50. The molecule has 1 aromatic carbocycles. The summed E-state index contributed by atoms with van der Waals surface area (Å²) in [6, 6.07) is 10.2. The lowest BCUT2D eigenvalue weighted by molar-refractivity contribution is 0.0342. The van der Waals surface area contributed by atoms with Crippen LogP contribution in [0.5, 0.6) is 0 Å². The Kier molecular flexibility index (Phi) is 6.16. The van der Waals surface area contributed by atoms with E-state index in [-0.39, 0.29) is 11.9 Å². The highest BCUT2D eigenvalue weighted by atomic mass is 79.9. The second kappa shape index (κ2) is 8.37. The molecule has 1 unspecified atom stereocenters. The second-order valence-electron chi connectivity index (χ2n) is 6.88. The number of carbonyl (C=O) groups excluding carboxylic acids is 1. The zero-order chi connectivity index (χ0) is 18.7. The van der Waals surface area contributed by atoms with Crippen molar-refractivity contribution in [2.75, 3.05) is 32.8 Å². The van der Waals surface area contributed by atoms with Crippen molar-refractivity contribution in [1.82, 2.24) is 14.8 Å². The number of morpholine rings is 1. The lowest BCUT2D eigenvalue weighted by Gasteiger charge is -2.29. The molecule has 5 nitrogen and oxygen atoms in total. The summed E-state index contributed by atoms with van der Waals surface area (Å²) in [4.78, 5) is 15.1. The number of hydrogen-bond donors (Lipinski definition) is 1. The minimum absolute atomic E-state index is 0.0118. The average Bonchev–Trinajstić information content (AvgIpc) is 2.91. The number of nitrogens with zero attached hydrogens (tertiary/aromatic N) is 2. The lowest BCUT2D eigenvalue weighted by atomic mass is 10.2. The third kappa shape index (κ3) is 4.37. The van der Waals surface area contributed by atoms with E-state index in [1.165, 1.54) is 0 Å². The van der Waals surface area contributed by atoms with Gasteiger partial charge < -0.3 is 14.6 Å². The van der Waals surface area contributed by atoms with Crippen molar-refractivity contribution in [2.24, 2.45) is 0 Å². The molecule has 1 saturated heterocycles. The molecule has 0 radical (unpaired) electrons. The molecule has 1 fully saturated rings. The summed E-state index contributed by atoms with van der Waals surface area (Å²) in [5.74, 6) is -0.0118. The first kappa shape index (κ1) is 19.1. The summed E-state index contributed by atoms with van der Waals surface area (Å²) in [6.07, 6.45) is 0. The van der Waals surface area contributed by atoms with E-state index >= 15 is 0 Å². The molecule has 1 aliphatic heterocycles. The maximum atomic E-state index is 12.8. The van der Waals surface area contributed by atoms with E-state index in [4.69, 9.17) is 4.74 Å². The van der Waals surface area contributed by atoms with Crippen molar-refractivity contribution >= 4 is 21.8 Å². The summed E-state index contributed by atoms with van der Waals surface area (Å²) in [5.41, 5.74) is 3.81. The number of halogens is 1. The Hall–Kier alpha value is -1.63. The first-order chi connectivity index (χ1) is 12.5. The first-order valence-electron chi connectivity index (χ1n) is 9.01. The molecule has 1 amide bonds. The minimum atomic E-state index is -0.0118. The van der Waals surface area contributed by atoms with Gasteiger partial charge in [-0.15, -0.1) is 0 Å². The lowest BCUT2D eigenvalue weighted by Crippen LogP contribution is -2.46. The van der Waals surface area contributed by atoms with E-state index in [2.05, 4.69) is 37.6 Å². The van der Waals surface area contributed by atoms with E-state index in [9.17, 15) is 4.79 Å². The van der Waals surface area contributed by atoms with Crippen molar-refractivity contribution in [3.8, 4) is 5.69 Å². The Morgan fingerprint density at radius 3 is 2.54 bits per heavy atom. The van der Waals surface area contributed by atoms with Crippen LogP contribution in [-0.4, -0.2) is 54.3 Å². The maximum absolute atomic E-state index is 12.8. The van der Waals surface area contributed by atoms with Gasteiger partial charge in [-0.05, 0) is 51.1 Å². The van der Waals surface area contributed by atoms with E-state index < -0.39 is 0 Å². The van der Waals surface area contributed by atoms with Gasteiger partial charge in [-0.3, -0.25) is 9.69 Å². The normalized spacial score (nSPS) is 16.5. The quantitative estimate of drug-likeness (QED) is 0.808. The standard InChI is InChI=1S/C20H26BrN3O2/c1-14(13-23-8-10-26-11-9-23)22-20(25)19-12-15(2)24(16(19)3)18-6-4-17(21)5-7-18/h4-7,12,14H,8-11,13H2,1-3H3,(H,22,25). The largest absolute Gasteiger partial charge is 0.379 e. The fourth-order valence-corrected chi connectivity index (χ4v) is 3.76. The number of aromatic nitrogens is 1. The van der Waals surface area contributed by atoms with Crippen molar-refractivity contribution in [2.45, 2.75) is 26.8 Å². The summed E-state index contributed by atoms with van der Waals surface area (Å²) in [6.45, 7) is 10.3. The molecule has 0 saturated carbocycles. The third-order valence-electron chi connectivity index (χ3n) is 4.77. The smallest absolute Gasteiger partial charge is 0.253 e. The predicted molar refractivity (Wildman–Crippen MR) is 107 cm³/mol. The average molecular weight is 420 g/mol. The van der Waals surface area contributed by atoms with Crippen molar-refractivity contribution in [3.05, 3.63) is 51.8 Å². The monoisotopic (exact) mass is 419 g/mol. The molecule has 26 heavy (non-hydrogen) atoms. The first-order valence-corrected chi connectivity index (χ1v) is 9.81. The number of aryl methyl sites for hydroxylation is 1. The van der Waals surface area contributed by atoms with Crippen LogP contribution in [0.15, 0.2) is 34.8 Å². The van der Waals surface area contributed by atoms with Gasteiger partial charge in [-0.25, -0.2) is 0 Å². The molecule has 2 aromatic rings. The van der Waals surface area contributed by atoms with Crippen LogP contribution in [0.4, 0.5) is 0 Å². The molecule has 2 heterocycles. The molecule has 3 rings (SSSR count). The van der Waals surface area contributed by atoms with Crippen molar-refractivity contribution in [1.29, 1.82) is 0 Å². The van der Waals surface area contributed by atoms with E-state index in [0.717, 1.165) is 60.0 Å². The zero-order valence-corrected chi connectivity index (χ0v) is 17.2. The molecule has 6 heteroatoms. The highest BCUT2D eigenvalue weighted by Gasteiger charge is 2.20. The summed E-state index contributed by atoms with van der Waals surface area (Å²) >= 11 is 3.47. The predicted octanol–water partition coefficient (Wildman–Crippen LogP) is 3.31. The maximum Gasteiger partial charge on any atom is 0.253 e. The Morgan fingerprint density at radius 2 is 1.88 bits per heavy atom. The van der Waals surface area contributed by atoms with Gasteiger partial charge in [-0.2, -0.15) is 0 Å². The molecule has 0 bridgehead atoms. The number of carbonyl (C=O) groups is 1. The molecule has 1 N–H and O–H groups in total. The zero-order valence-electron chi connectivity index (χ0n) is 15.6. The van der Waals surface area contributed by atoms with E-state index in [1.807, 2.05) is 44.2 Å².